The number of hydrogen-bond donors (Lipinski definition) is 1. The standard InChI is InChI=1S/C25H26BrClN6O3S/c1-15-11-31(25(34)24-23(27)21-10-17(26)4-9-22(21)28-24)12-16(2)32(15)13-18-14-33(30-29-18)19-5-7-20(8-6-19)37(3,35)36/h4-10,14-16,28H,11-13H2,1-3H3/t15-,16+. The molecule has 1 amide bonds. The molecule has 0 spiro atoms. The number of halogens is 2. The van der Waals surface area contributed by atoms with Crippen LogP contribution >= 0.6 is 27.5 Å². The summed E-state index contributed by atoms with van der Waals surface area (Å²) >= 11 is 10.0. The normalized spacial score (nSPS) is 19.0. The monoisotopic (exact) mass is 604 g/mol. The van der Waals surface area contributed by atoms with Crippen LogP contribution in [-0.4, -0.2) is 75.5 Å². The first kappa shape index (κ1) is 25.9. The summed E-state index contributed by atoms with van der Waals surface area (Å²) in [7, 11) is -3.26. The third kappa shape index (κ3) is 5.18. The van der Waals surface area contributed by atoms with Crippen LogP contribution in [0.15, 0.2) is 58.0 Å². The second kappa shape index (κ2) is 9.86. The number of aromatic amines is 1. The Kier molecular flexibility index (Phi) is 6.90. The molecular formula is C25H26BrClN6O3S. The number of piperazine rings is 1. The van der Waals surface area contributed by atoms with Gasteiger partial charge in [-0.1, -0.05) is 32.7 Å². The largest absolute Gasteiger partial charge is 0.349 e. The van der Waals surface area contributed by atoms with Gasteiger partial charge in [0, 0.05) is 53.3 Å². The van der Waals surface area contributed by atoms with E-state index in [2.05, 4.69) is 50.0 Å². The molecule has 0 bridgehead atoms. The predicted molar refractivity (Wildman–Crippen MR) is 146 cm³/mol. The zero-order valence-corrected chi connectivity index (χ0v) is 23.7. The predicted octanol–water partition coefficient (Wildman–Crippen LogP) is 4.30. The van der Waals surface area contributed by atoms with Crippen LogP contribution in [0.5, 0.6) is 0 Å². The van der Waals surface area contributed by atoms with Gasteiger partial charge in [-0.2, -0.15) is 0 Å². The minimum Gasteiger partial charge on any atom is -0.349 e. The number of H-pyrrole nitrogens is 1. The van der Waals surface area contributed by atoms with Gasteiger partial charge in [0.15, 0.2) is 9.84 Å². The Morgan fingerprint density at radius 2 is 1.81 bits per heavy atom. The van der Waals surface area contributed by atoms with E-state index in [1.54, 1.807) is 28.9 Å². The molecule has 0 unspecified atom stereocenters. The summed E-state index contributed by atoms with van der Waals surface area (Å²) in [5.74, 6) is -0.112. The molecule has 1 aliphatic heterocycles. The molecule has 12 heteroatoms. The molecule has 9 nitrogen and oxygen atoms in total. The van der Waals surface area contributed by atoms with Gasteiger partial charge in [0.1, 0.15) is 5.69 Å². The van der Waals surface area contributed by atoms with Gasteiger partial charge < -0.3 is 9.88 Å². The van der Waals surface area contributed by atoms with Gasteiger partial charge in [0.05, 0.1) is 27.5 Å². The van der Waals surface area contributed by atoms with E-state index in [1.165, 1.54) is 6.26 Å². The number of aromatic nitrogens is 4. The van der Waals surface area contributed by atoms with Crippen molar-refractivity contribution in [2.45, 2.75) is 37.4 Å². The van der Waals surface area contributed by atoms with Crippen LogP contribution < -0.4 is 0 Å². The zero-order chi connectivity index (χ0) is 26.5. The summed E-state index contributed by atoms with van der Waals surface area (Å²) in [4.78, 5) is 21.0. The molecule has 0 radical (unpaired) electrons. The van der Waals surface area contributed by atoms with Crippen molar-refractivity contribution in [1.29, 1.82) is 0 Å². The highest BCUT2D eigenvalue weighted by atomic mass is 79.9. The fourth-order valence-corrected chi connectivity index (χ4v) is 6.08. The number of fused-ring (bicyclic) bond motifs is 1. The van der Waals surface area contributed by atoms with Gasteiger partial charge >= 0.3 is 0 Å². The van der Waals surface area contributed by atoms with E-state index in [-0.39, 0.29) is 22.9 Å². The van der Waals surface area contributed by atoms with Gasteiger partial charge in [-0.15, -0.1) is 5.10 Å². The molecule has 3 heterocycles. The average molecular weight is 606 g/mol. The molecule has 1 N–H and O–H groups in total. The third-order valence-corrected chi connectivity index (χ3v) is 8.73. The van der Waals surface area contributed by atoms with Gasteiger partial charge in [-0.3, -0.25) is 9.69 Å². The summed E-state index contributed by atoms with van der Waals surface area (Å²) < 4.78 is 25.9. The zero-order valence-electron chi connectivity index (χ0n) is 20.5. The van der Waals surface area contributed by atoms with E-state index in [0.717, 1.165) is 26.8 Å². The Labute approximate surface area is 228 Å². The van der Waals surface area contributed by atoms with Gasteiger partial charge in [0.25, 0.3) is 5.91 Å². The van der Waals surface area contributed by atoms with Crippen molar-refractivity contribution in [3.8, 4) is 5.69 Å². The first-order valence-electron chi connectivity index (χ1n) is 11.7. The van der Waals surface area contributed by atoms with Crippen molar-refractivity contribution in [1.82, 2.24) is 29.8 Å². The van der Waals surface area contributed by atoms with Gasteiger partial charge in [0.2, 0.25) is 0 Å². The molecule has 194 valence electrons. The lowest BCUT2D eigenvalue weighted by Gasteiger charge is -2.44. The summed E-state index contributed by atoms with van der Waals surface area (Å²) in [6.07, 6.45) is 3.02. The van der Waals surface area contributed by atoms with E-state index < -0.39 is 9.84 Å². The Balaban J connectivity index is 1.28. The average Bonchev–Trinajstić information content (AvgIpc) is 3.45. The molecule has 4 aromatic rings. The van der Waals surface area contributed by atoms with Crippen molar-refractivity contribution in [2.24, 2.45) is 0 Å². The molecule has 37 heavy (non-hydrogen) atoms. The van der Waals surface area contributed by atoms with Crippen LogP contribution in [0.4, 0.5) is 0 Å². The molecule has 1 saturated heterocycles. The Hall–Kier alpha value is -2.73. The lowest BCUT2D eigenvalue weighted by Crippen LogP contribution is -2.57. The highest BCUT2D eigenvalue weighted by Gasteiger charge is 2.34. The number of nitrogens with zero attached hydrogens (tertiary/aromatic N) is 5. The van der Waals surface area contributed by atoms with Crippen molar-refractivity contribution in [3.05, 3.63) is 69.5 Å². The molecule has 2 aromatic heterocycles. The number of carbonyl (C=O) groups excluding carboxylic acids is 1. The molecule has 0 aliphatic carbocycles. The number of amides is 1. The van der Waals surface area contributed by atoms with E-state index in [0.29, 0.717) is 30.4 Å². The molecule has 0 saturated carbocycles. The Morgan fingerprint density at radius 3 is 2.46 bits per heavy atom. The summed E-state index contributed by atoms with van der Waals surface area (Å²) in [6.45, 7) is 5.87. The first-order valence-corrected chi connectivity index (χ1v) is 14.8. The van der Waals surface area contributed by atoms with Crippen LogP contribution in [0, 0.1) is 0 Å². The van der Waals surface area contributed by atoms with Crippen molar-refractivity contribution < 1.29 is 13.2 Å². The van der Waals surface area contributed by atoms with Gasteiger partial charge in [-0.05, 0) is 56.3 Å². The minimum absolute atomic E-state index is 0.0872. The number of sulfone groups is 1. The minimum atomic E-state index is -3.26. The third-order valence-electron chi connectivity index (χ3n) is 6.71. The number of rotatable bonds is 5. The van der Waals surface area contributed by atoms with Crippen molar-refractivity contribution in [2.75, 3.05) is 19.3 Å². The Bertz CT molecular complexity index is 1570. The Morgan fingerprint density at radius 1 is 1.14 bits per heavy atom. The summed E-state index contributed by atoms with van der Waals surface area (Å²) in [5, 5.41) is 9.78. The smallest absolute Gasteiger partial charge is 0.271 e. The molecule has 2 aromatic carbocycles. The van der Waals surface area contributed by atoms with Crippen molar-refractivity contribution in [3.63, 3.8) is 0 Å². The van der Waals surface area contributed by atoms with E-state index in [1.807, 2.05) is 29.3 Å². The van der Waals surface area contributed by atoms with Crippen molar-refractivity contribution >= 4 is 54.2 Å². The van der Waals surface area contributed by atoms with E-state index in [9.17, 15) is 13.2 Å². The van der Waals surface area contributed by atoms with Crippen LogP contribution in [0.25, 0.3) is 16.6 Å². The second-order valence-electron chi connectivity index (χ2n) is 9.50. The fraction of sp³-hybridized carbons (Fsp3) is 0.320. The number of nitrogens with one attached hydrogen (secondary N) is 1. The number of carbonyl (C=O) groups is 1. The number of hydrogen-bond acceptors (Lipinski definition) is 6. The summed E-state index contributed by atoms with van der Waals surface area (Å²) in [6, 6.07) is 12.4. The molecular weight excluding hydrogens is 580 g/mol. The SMILES string of the molecule is C[C@@H]1CN(C(=O)c2[nH]c3ccc(Br)cc3c2Cl)C[C@H](C)N1Cc1cn(-c2ccc(S(C)(=O)=O)cc2)nn1. The molecule has 1 aliphatic rings. The van der Waals surface area contributed by atoms with Crippen LogP contribution in [-0.2, 0) is 16.4 Å². The topological polar surface area (TPSA) is 104 Å². The molecule has 2 atom stereocenters. The summed E-state index contributed by atoms with van der Waals surface area (Å²) in [5.41, 5.74) is 2.75. The quantitative estimate of drug-likeness (QED) is 0.364. The molecule has 1 fully saturated rings. The lowest BCUT2D eigenvalue weighted by molar-refractivity contribution is 0.0261. The molecule has 5 rings (SSSR count). The lowest BCUT2D eigenvalue weighted by atomic mass is 10.1. The van der Waals surface area contributed by atoms with Crippen LogP contribution in [0.1, 0.15) is 30.0 Å². The maximum Gasteiger partial charge on any atom is 0.271 e. The fourth-order valence-electron chi connectivity index (χ4n) is 4.80. The highest BCUT2D eigenvalue weighted by molar-refractivity contribution is 9.10. The first-order chi connectivity index (χ1) is 17.5. The van der Waals surface area contributed by atoms with E-state index in [4.69, 9.17) is 11.6 Å². The maximum absolute atomic E-state index is 13.4. The second-order valence-corrected chi connectivity index (χ2v) is 12.8. The maximum atomic E-state index is 13.4. The number of benzene rings is 2. The van der Waals surface area contributed by atoms with Crippen LogP contribution in [0.3, 0.4) is 0 Å². The van der Waals surface area contributed by atoms with E-state index >= 15 is 0 Å². The van der Waals surface area contributed by atoms with Crippen LogP contribution in [0.2, 0.25) is 5.02 Å². The van der Waals surface area contributed by atoms with Gasteiger partial charge in [-0.25, -0.2) is 13.1 Å². The highest BCUT2D eigenvalue weighted by Crippen LogP contribution is 2.31.